The van der Waals surface area contributed by atoms with Crippen LogP contribution in [0.5, 0.6) is 5.75 Å². The summed E-state index contributed by atoms with van der Waals surface area (Å²) in [6.45, 7) is 0. The number of aromatic hydroxyl groups is 1. The molecule has 1 aliphatic rings. The van der Waals surface area contributed by atoms with Crippen molar-refractivity contribution in [1.82, 2.24) is 0 Å². The van der Waals surface area contributed by atoms with Gasteiger partial charge in [-0.05, 0) is 29.7 Å². The Morgan fingerprint density at radius 3 is 2.65 bits per heavy atom. The molecule has 3 N–H and O–H groups in total. The third kappa shape index (κ3) is 1.23. The van der Waals surface area contributed by atoms with Crippen LogP contribution in [-0.2, 0) is 6.42 Å². The highest BCUT2D eigenvalue weighted by Gasteiger charge is 2.24. The normalized spacial score (nSPS) is 11.7. The largest absolute Gasteiger partial charge is 0.505 e. The summed E-state index contributed by atoms with van der Waals surface area (Å²) in [5.41, 5.74) is 10.9. The SMILES string of the molecule is C#Cc1cccc2c1-c1c(ccc(N)c1O)C2. The summed E-state index contributed by atoms with van der Waals surface area (Å²) >= 11 is 0. The van der Waals surface area contributed by atoms with Gasteiger partial charge in [0.2, 0.25) is 0 Å². The molecule has 82 valence electrons. The van der Waals surface area contributed by atoms with Crippen LogP contribution in [0.3, 0.4) is 0 Å². The smallest absolute Gasteiger partial charge is 0.146 e. The van der Waals surface area contributed by atoms with Crippen molar-refractivity contribution >= 4 is 5.69 Å². The molecule has 0 bridgehead atoms. The number of hydrogen-bond acceptors (Lipinski definition) is 2. The van der Waals surface area contributed by atoms with E-state index in [2.05, 4.69) is 5.92 Å². The molecule has 0 saturated carbocycles. The lowest BCUT2D eigenvalue weighted by molar-refractivity contribution is 0.480. The molecule has 0 unspecified atom stereocenters. The minimum absolute atomic E-state index is 0.143. The topological polar surface area (TPSA) is 46.2 Å². The molecule has 2 aromatic carbocycles. The molecule has 0 aliphatic heterocycles. The van der Waals surface area contributed by atoms with Crippen molar-refractivity contribution in [2.75, 3.05) is 5.73 Å². The van der Waals surface area contributed by atoms with Crippen molar-refractivity contribution in [1.29, 1.82) is 0 Å². The van der Waals surface area contributed by atoms with Gasteiger partial charge in [0.1, 0.15) is 5.75 Å². The van der Waals surface area contributed by atoms with Gasteiger partial charge in [0, 0.05) is 16.7 Å². The van der Waals surface area contributed by atoms with Gasteiger partial charge in [0.05, 0.1) is 5.69 Å². The first kappa shape index (κ1) is 9.80. The van der Waals surface area contributed by atoms with Crippen molar-refractivity contribution in [2.24, 2.45) is 0 Å². The van der Waals surface area contributed by atoms with Gasteiger partial charge in [-0.3, -0.25) is 0 Å². The fourth-order valence-corrected chi connectivity index (χ4v) is 2.44. The molecule has 0 amide bonds. The van der Waals surface area contributed by atoms with Crippen molar-refractivity contribution in [3.05, 3.63) is 47.0 Å². The Labute approximate surface area is 99.7 Å². The third-order valence-corrected chi connectivity index (χ3v) is 3.23. The van der Waals surface area contributed by atoms with Crippen LogP contribution in [-0.4, -0.2) is 5.11 Å². The van der Waals surface area contributed by atoms with Gasteiger partial charge in [-0.25, -0.2) is 0 Å². The maximum Gasteiger partial charge on any atom is 0.146 e. The number of nitrogens with two attached hydrogens (primary N) is 1. The number of nitrogen functional groups attached to an aromatic ring is 1. The maximum absolute atomic E-state index is 10.1. The second-order valence-electron chi connectivity index (χ2n) is 4.20. The van der Waals surface area contributed by atoms with Crippen molar-refractivity contribution < 1.29 is 5.11 Å². The summed E-state index contributed by atoms with van der Waals surface area (Å²) in [5.74, 6) is 2.81. The Kier molecular flexibility index (Phi) is 1.90. The maximum atomic E-state index is 10.1. The van der Waals surface area contributed by atoms with Gasteiger partial charge in [0.15, 0.2) is 0 Å². The van der Waals surface area contributed by atoms with Gasteiger partial charge in [-0.1, -0.05) is 24.1 Å². The monoisotopic (exact) mass is 221 g/mol. The summed E-state index contributed by atoms with van der Waals surface area (Å²) in [4.78, 5) is 0. The number of fused-ring (bicyclic) bond motifs is 3. The van der Waals surface area contributed by atoms with Gasteiger partial charge in [-0.15, -0.1) is 6.42 Å². The molecule has 2 nitrogen and oxygen atoms in total. The zero-order valence-electron chi connectivity index (χ0n) is 9.20. The first-order chi connectivity index (χ1) is 8.22. The summed E-state index contributed by atoms with van der Waals surface area (Å²) in [6.07, 6.45) is 6.30. The first-order valence-electron chi connectivity index (χ1n) is 5.41. The number of phenols is 1. The van der Waals surface area contributed by atoms with Crippen molar-refractivity contribution in [3.63, 3.8) is 0 Å². The second-order valence-corrected chi connectivity index (χ2v) is 4.20. The lowest BCUT2D eigenvalue weighted by Gasteiger charge is -2.08. The first-order valence-corrected chi connectivity index (χ1v) is 5.41. The molecule has 17 heavy (non-hydrogen) atoms. The van der Waals surface area contributed by atoms with Gasteiger partial charge in [-0.2, -0.15) is 0 Å². The van der Waals surface area contributed by atoms with E-state index in [-0.39, 0.29) is 5.75 Å². The van der Waals surface area contributed by atoms with Crippen LogP contribution < -0.4 is 5.73 Å². The standard InChI is InChI=1S/C15H11NO/c1-2-9-4-3-5-10-8-11-6-7-12(16)15(17)14(11)13(9)10/h1,3-7,17H,8,16H2. The van der Waals surface area contributed by atoms with E-state index in [1.807, 2.05) is 24.3 Å². The summed E-state index contributed by atoms with van der Waals surface area (Å²) < 4.78 is 0. The van der Waals surface area contributed by atoms with E-state index in [0.717, 1.165) is 34.2 Å². The predicted octanol–water partition coefficient (Wildman–Crippen LogP) is 2.53. The second kappa shape index (κ2) is 3.29. The molecule has 0 spiro atoms. The Balaban J connectivity index is 2.41. The van der Waals surface area contributed by atoms with E-state index in [0.29, 0.717) is 5.69 Å². The minimum Gasteiger partial charge on any atom is -0.505 e. The molecule has 0 heterocycles. The highest BCUT2D eigenvalue weighted by Crippen LogP contribution is 2.46. The highest BCUT2D eigenvalue weighted by molar-refractivity contribution is 5.88. The van der Waals surface area contributed by atoms with Crippen LogP contribution in [0.4, 0.5) is 5.69 Å². The molecule has 2 heteroatoms. The Morgan fingerprint density at radius 2 is 1.88 bits per heavy atom. The van der Waals surface area contributed by atoms with Crippen LogP contribution in [0.25, 0.3) is 11.1 Å². The molecule has 0 atom stereocenters. The molecule has 3 rings (SSSR count). The van der Waals surface area contributed by atoms with E-state index >= 15 is 0 Å². The molecule has 0 aromatic heterocycles. The van der Waals surface area contributed by atoms with E-state index in [9.17, 15) is 5.11 Å². The average molecular weight is 221 g/mol. The zero-order chi connectivity index (χ0) is 12.0. The van der Waals surface area contributed by atoms with E-state index < -0.39 is 0 Å². The number of rotatable bonds is 0. The van der Waals surface area contributed by atoms with E-state index in [4.69, 9.17) is 12.2 Å². The average Bonchev–Trinajstić information content (AvgIpc) is 2.72. The Morgan fingerprint density at radius 1 is 1.12 bits per heavy atom. The number of hydrogen-bond donors (Lipinski definition) is 2. The van der Waals surface area contributed by atoms with Gasteiger partial charge in [0.25, 0.3) is 0 Å². The Hall–Kier alpha value is -2.40. The van der Waals surface area contributed by atoms with E-state index in [1.165, 1.54) is 0 Å². The molecular weight excluding hydrogens is 210 g/mol. The molecule has 0 radical (unpaired) electrons. The van der Waals surface area contributed by atoms with Crippen LogP contribution in [0.15, 0.2) is 30.3 Å². The third-order valence-electron chi connectivity index (χ3n) is 3.23. The fourth-order valence-electron chi connectivity index (χ4n) is 2.44. The fraction of sp³-hybridized carbons (Fsp3) is 0.0667. The van der Waals surface area contributed by atoms with Crippen LogP contribution in [0.1, 0.15) is 16.7 Å². The summed E-state index contributed by atoms with van der Waals surface area (Å²) in [5, 5.41) is 10.1. The Bertz CT molecular complexity index is 665. The van der Waals surface area contributed by atoms with Crippen LogP contribution in [0.2, 0.25) is 0 Å². The summed E-state index contributed by atoms with van der Waals surface area (Å²) in [6, 6.07) is 9.54. The molecule has 2 aromatic rings. The minimum atomic E-state index is 0.143. The molecule has 0 saturated heterocycles. The number of benzene rings is 2. The van der Waals surface area contributed by atoms with Crippen molar-refractivity contribution in [3.8, 4) is 29.2 Å². The molecule has 1 aliphatic carbocycles. The molecule has 0 fully saturated rings. The summed E-state index contributed by atoms with van der Waals surface area (Å²) in [7, 11) is 0. The quantitative estimate of drug-likeness (QED) is 0.348. The zero-order valence-corrected chi connectivity index (χ0v) is 9.20. The van der Waals surface area contributed by atoms with E-state index in [1.54, 1.807) is 6.07 Å². The lowest BCUT2D eigenvalue weighted by atomic mass is 9.99. The van der Waals surface area contributed by atoms with Gasteiger partial charge >= 0.3 is 0 Å². The van der Waals surface area contributed by atoms with Gasteiger partial charge < -0.3 is 10.8 Å². The predicted molar refractivity (Wildman–Crippen MR) is 68.7 cm³/mol. The number of phenolic OH excluding ortho intramolecular Hbond substituents is 1. The van der Waals surface area contributed by atoms with Crippen molar-refractivity contribution in [2.45, 2.75) is 6.42 Å². The highest BCUT2D eigenvalue weighted by atomic mass is 16.3. The lowest BCUT2D eigenvalue weighted by Crippen LogP contribution is -1.90. The number of terminal acetylenes is 1. The van der Waals surface area contributed by atoms with Crippen LogP contribution >= 0.6 is 0 Å². The van der Waals surface area contributed by atoms with Crippen LogP contribution in [0, 0.1) is 12.3 Å². The molecular formula is C15H11NO. The number of anilines is 1.